The second-order valence-corrected chi connectivity index (χ2v) is 8.99. The summed E-state index contributed by atoms with van der Waals surface area (Å²) >= 11 is 0. The van der Waals surface area contributed by atoms with Crippen molar-refractivity contribution in [2.75, 3.05) is 6.61 Å². The zero-order chi connectivity index (χ0) is 16.2. The lowest BCUT2D eigenvalue weighted by atomic mass is 9.45. The maximum absolute atomic E-state index is 10.5. The number of hydrogen-bond donors (Lipinski definition) is 2. The predicted molar refractivity (Wildman–Crippen MR) is 90.4 cm³/mol. The maximum Gasteiger partial charge on any atom is 0.0552 e. The molecule has 2 heteroatoms. The van der Waals surface area contributed by atoms with Gasteiger partial charge in [0.05, 0.1) is 6.10 Å². The molecule has 2 saturated carbocycles. The first kappa shape index (κ1) is 16.3. The fourth-order valence-electron chi connectivity index (χ4n) is 6.15. The van der Waals surface area contributed by atoms with E-state index in [4.69, 9.17) is 0 Å². The summed E-state index contributed by atoms with van der Waals surface area (Å²) in [5.74, 6) is 1.09. The van der Waals surface area contributed by atoms with E-state index < -0.39 is 0 Å². The smallest absolute Gasteiger partial charge is 0.0552 e. The van der Waals surface area contributed by atoms with Crippen molar-refractivity contribution in [1.29, 1.82) is 0 Å². The molecule has 0 aromatic heterocycles. The van der Waals surface area contributed by atoms with Crippen molar-refractivity contribution in [3.05, 3.63) is 24.3 Å². The van der Waals surface area contributed by atoms with Crippen LogP contribution in [-0.2, 0) is 0 Å². The van der Waals surface area contributed by atoms with Gasteiger partial charge in [-0.15, -0.1) is 6.58 Å². The van der Waals surface area contributed by atoms with Gasteiger partial charge in [-0.1, -0.05) is 38.5 Å². The Labute approximate surface area is 135 Å². The highest BCUT2D eigenvalue weighted by molar-refractivity contribution is 5.26. The molecule has 0 amide bonds. The number of hydrogen-bond acceptors (Lipinski definition) is 2. The molecule has 2 fully saturated rings. The van der Waals surface area contributed by atoms with E-state index in [9.17, 15) is 10.2 Å². The standard InChI is InChI=1S/C20H32O2/c1-5-18(2)9-8-16-14(10-18)6-7-17-19(3,13-21)11-15(22)12-20(16,17)4/h5,10,15-17,21-22H,1,6-9,11-13H2,2-4H3/t15-,16+,17+,18+,19+,20-/m1/s1. The Bertz CT molecular complexity index is 496. The van der Waals surface area contributed by atoms with Gasteiger partial charge < -0.3 is 10.2 Å². The van der Waals surface area contributed by atoms with Crippen molar-refractivity contribution in [2.24, 2.45) is 28.1 Å². The molecule has 2 N–H and O–H groups in total. The quantitative estimate of drug-likeness (QED) is 0.755. The van der Waals surface area contributed by atoms with Gasteiger partial charge >= 0.3 is 0 Å². The molecule has 0 spiro atoms. The zero-order valence-electron chi connectivity index (χ0n) is 14.4. The summed E-state index contributed by atoms with van der Waals surface area (Å²) in [5.41, 5.74) is 1.73. The van der Waals surface area contributed by atoms with E-state index in [1.165, 1.54) is 6.42 Å². The molecule has 0 heterocycles. The van der Waals surface area contributed by atoms with Gasteiger partial charge in [0.25, 0.3) is 0 Å². The van der Waals surface area contributed by atoms with Crippen LogP contribution in [0.15, 0.2) is 24.3 Å². The number of allylic oxidation sites excluding steroid dienone is 3. The number of aliphatic hydroxyl groups is 2. The molecule has 3 rings (SSSR count). The van der Waals surface area contributed by atoms with Gasteiger partial charge in [-0.05, 0) is 61.2 Å². The minimum Gasteiger partial charge on any atom is -0.396 e. The lowest BCUT2D eigenvalue weighted by molar-refractivity contribution is -0.131. The average Bonchev–Trinajstić information content (AvgIpc) is 2.45. The first-order valence-electron chi connectivity index (χ1n) is 8.90. The van der Waals surface area contributed by atoms with Crippen molar-refractivity contribution in [3.8, 4) is 0 Å². The van der Waals surface area contributed by atoms with Gasteiger partial charge in [0.2, 0.25) is 0 Å². The zero-order valence-corrected chi connectivity index (χ0v) is 14.4. The SMILES string of the molecule is C=C[C@]1(C)C=C2CC[C@H]3[C@](C)(CO)C[C@@H](O)C[C@]3(C)[C@H]2CC1. The molecular weight excluding hydrogens is 272 g/mol. The average molecular weight is 304 g/mol. The molecule has 0 unspecified atom stereocenters. The molecule has 0 aromatic carbocycles. The van der Waals surface area contributed by atoms with Crippen molar-refractivity contribution in [2.45, 2.75) is 65.4 Å². The van der Waals surface area contributed by atoms with E-state index >= 15 is 0 Å². The van der Waals surface area contributed by atoms with E-state index in [2.05, 4.69) is 39.5 Å². The molecule has 6 atom stereocenters. The van der Waals surface area contributed by atoms with Crippen molar-refractivity contribution >= 4 is 0 Å². The van der Waals surface area contributed by atoms with Crippen molar-refractivity contribution in [1.82, 2.24) is 0 Å². The number of rotatable bonds is 2. The highest BCUT2D eigenvalue weighted by atomic mass is 16.3. The number of fused-ring (bicyclic) bond motifs is 3. The van der Waals surface area contributed by atoms with Crippen LogP contribution in [0, 0.1) is 28.1 Å². The summed E-state index contributed by atoms with van der Waals surface area (Å²) in [7, 11) is 0. The maximum atomic E-state index is 10.5. The van der Waals surface area contributed by atoms with Crippen LogP contribution < -0.4 is 0 Å². The van der Waals surface area contributed by atoms with Gasteiger partial charge in [0.1, 0.15) is 0 Å². The van der Waals surface area contributed by atoms with E-state index in [1.807, 2.05) is 0 Å². The van der Waals surface area contributed by atoms with Crippen LogP contribution in [0.25, 0.3) is 0 Å². The van der Waals surface area contributed by atoms with Gasteiger partial charge in [-0.3, -0.25) is 0 Å². The van der Waals surface area contributed by atoms with Crippen molar-refractivity contribution in [3.63, 3.8) is 0 Å². The van der Waals surface area contributed by atoms with Gasteiger partial charge in [0, 0.05) is 12.0 Å². The predicted octanol–water partition coefficient (Wildman–Crippen LogP) is 4.08. The van der Waals surface area contributed by atoms with Crippen LogP contribution in [0.2, 0.25) is 0 Å². The Morgan fingerprint density at radius 2 is 2.00 bits per heavy atom. The van der Waals surface area contributed by atoms with Gasteiger partial charge in [0.15, 0.2) is 0 Å². The van der Waals surface area contributed by atoms with E-state index in [-0.39, 0.29) is 29.0 Å². The minimum absolute atomic E-state index is 0.127. The Morgan fingerprint density at radius 1 is 1.27 bits per heavy atom. The fraction of sp³-hybridized carbons (Fsp3) is 0.800. The molecule has 3 aliphatic rings. The second kappa shape index (κ2) is 5.21. The molecule has 2 nitrogen and oxygen atoms in total. The highest BCUT2D eigenvalue weighted by Gasteiger charge is 2.57. The van der Waals surface area contributed by atoms with Crippen LogP contribution in [0.5, 0.6) is 0 Å². The topological polar surface area (TPSA) is 40.5 Å². The first-order chi connectivity index (χ1) is 10.3. The normalized spacial score (nSPS) is 51.5. The summed E-state index contributed by atoms with van der Waals surface area (Å²) in [4.78, 5) is 0. The monoisotopic (exact) mass is 304 g/mol. The third-order valence-corrected chi connectivity index (χ3v) is 7.29. The second-order valence-electron chi connectivity index (χ2n) is 8.99. The minimum atomic E-state index is -0.273. The van der Waals surface area contributed by atoms with Gasteiger partial charge in [-0.25, -0.2) is 0 Å². The third kappa shape index (κ3) is 2.30. The Balaban J connectivity index is 1.99. The Morgan fingerprint density at radius 3 is 2.64 bits per heavy atom. The molecule has 0 bridgehead atoms. The first-order valence-corrected chi connectivity index (χ1v) is 8.90. The van der Waals surface area contributed by atoms with Crippen molar-refractivity contribution < 1.29 is 10.2 Å². The molecule has 0 radical (unpaired) electrons. The largest absolute Gasteiger partial charge is 0.396 e. The molecule has 3 aliphatic carbocycles. The van der Waals surface area contributed by atoms with Crippen LogP contribution in [0.4, 0.5) is 0 Å². The number of aliphatic hydroxyl groups excluding tert-OH is 2. The van der Waals surface area contributed by atoms with E-state index in [0.29, 0.717) is 11.8 Å². The van der Waals surface area contributed by atoms with Crippen LogP contribution >= 0.6 is 0 Å². The van der Waals surface area contributed by atoms with Crippen LogP contribution in [0.3, 0.4) is 0 Å². The third-order valence-electron chi connectivity index (χ3n) is 7.29. The lowest BCUT2D eigenvalue weighted by Crippen LogP contribution is -2.56. The summed E-state index contributed by atoms with van der Waals surface area (Å²) in [6.45, 7) is 11.1. The van der Waals surface area contributed by atoms with Crippen LogP contribution in [-0.4, -0.2) is 22.9 Å². The fourth-order valence-corrected chi connectivity index (χ4v) is 6.15. The summed E-state index contributed by atoms with van der Waals surface area (Å²) < 4.78 is 0. The van der Waals surface area contributed by atoms with Gasteiger partial charge in [-0.2, -0.15) is 0 Å². The lowest BCUT2D eigenvalue weighted by Gasteiger charge is -2.60. The van der Waals surface area contributed by atoms with E-state index in [1.54, 1.807) is 5.57 Å². The Kier molecular flexibility index (Phi) is 3.85. The molecule has 0 aromatic rings. The molecular formula is C20H32O2. The Hall–Kier alpha value is -0.600. The molecule has 124 valence electrons. The molecule has 22 heavy (non-hydrogen) atoms. The highest BCUT2D eigenvalue weighted by Crippen LogP contribution is 2.63. The summed E-state index contributed by atoms with van der Waals surface area (Å²) in [6, 6.07) is 0. The molecule has 0 aliphatic heterocycles. The summed E-state index contributed by atoms with van der Waals surface area (Å²) in [5, 5.41) is 20.5. The van der Waals surface area contributed by atoms with Crippen LogP contribution in [0.1, 0.15) is 59.3 Å². The van der Waals surface area contributed by atoms with E-state index in [0.717, 1.165) is 32.1 Å². The summed E-state index contributed by atoms with van der Waals surface area (Å²) in [6.07, 6.45) is 10.6. The molecule has 0 saturated heterocycles.